The van der Waals surface area contributed by atoms with Crippen LogP contribution in [0.3, 0.4) is 0 Å². The molecular formula is C17H17NO3. The first-order valence-corrected chi connectivity index (χ1v) is 6.66. The number of ketones is 1. The van der Waals surface area contributed by atoms with Crippen LogP contribution in [0.2, 0.25) is 0 Å². The molecule has 0 amide bonds. The molecule has 0 aliphatic carbocycles. The standard InChI is InChI=1S/C17H17NO3/c19-12-13-21-16-8-6-15(7-9-16)18-11-10-17(20)14-4-2-1-3-5-14/h1-11,18-19H,12-13H2. The van der Waals surface area contributed by atoms with E-state index < -0.39 is 0 Å². The van der Waals surface area contributed by atoms with Crippen molar-refractivity contribution in [3.63, 3.8) is 0 Å². The fourth-order valence-corrected chi connectivity index (χ4v) is 1.72. The lowest BCUT2D eigenvalue weighted by atomic mass is 10.1. The largest absolute Gasteiger partial charge is 0.491 e. The van der Waals surface area contributed by atoms with Crippen molar-refractivity contribution in [3.05, 3.63) is 72.4 Å². The summed E-state index contributed by atoms with van der Waals surface area (Å²) >= 11 is 0. The van der Waals surface area contributed by atoms with Gasteiger partial charge in [-0.25, -0.2) is 0 Å². The molecular weight excluding hydrogens is 266 g/mol. The number of aliphatic hydroxyl groups excluding tert-OH is 1. The fourth-order valence-electron chi connectivity index (χ4n) is 1.72. The van der Waals surface area contributed by atoms with E-state index in [0.29, 0.717) is 11.3 Å². The van der Waals surface area contributed by atoms with Gasteiger partial charge in [0.25, 0.3) is 0 Å². The van der Waals surface area contributed by atoms with Crippen molar-refractivity contribution >= 4 is 11.5 Å². The highest BCUT2D eigenvalue weighted by atomic mass is 16.5. The van der Waals surface area contributed by atoms with Crippen molar-refractivity contribution < 1.29 is 14.6 Å². The van der Waals surface area contributed by atoms with Crippen LogP contribution >= 0.6 is 0 Å². The molecule has 0 spiro atoms. The molecule has 0 aromatic heterocycles. The lowest BCUT2D eigenvalue weighted by molar-refractivity contribution is 0.104. The molecule has 21 heavy (non-hydrogen) atoms. The Labute approximate surface area is 123 Å². The topological polar surface area (TPSA) is 58.6 Å². The van der Waals surface area contributed by atoms with E-state index in [0.717, 1.165) is 5.69 Å². The second-order valence-electron chi connectivity index (χ2n) is 4.30. The van der Waals surface area contributed by atoms with Crippen LogP contribution in [0.5, 0.6) is 5.75 Å². The van der Waals surface area contributed by atoms with E-state index in [2.05, 4.69) is 5.32 Å². The molecule has 0 bridgehead atoms. The zero-order chi connectivity index (χ0) is 14.9. The number of carbonyl (C=O) groups is 1. The maximum absolute atomic E-state index is 11.8. The number of ether oxygens (including phenoxy) is 1. The van der Waals surface area contributed by atoms with E-state index in [-0.39, 0.29) is 19.0 Å². The van der Waals surface area contributed by atoms with Crippen LogP contribution < -0.4 is 10.1 Å². The molecule has 0 radical (unpaired) electrons. The van der Waals surface area contributed by atoms with E-state index in [1.54, 1.807) is 30.5 Å². The van der Waals surface area contributed by atoms with Gasteiger partial charge in [0.05, 0.1) is 6.61 Å². The number of allylic oxidation sites excluding steroid dienone is 1. The van der Waals surface area contributed by atoms with Crippen LogP contribution in [-0.4, -0.2) is 24.1 Å². The molecule has 2 aromatic rings. The summed E-state index contributed by atoms with van der Waals surface area (Å²) < 4.78 is 5.26. The minimum atomic E-state index is -0.0500. The third-order valence-electron chi connectivity index (χ3n) is 2.76. The predicted octanol–water partition coefficient (Wildman–Crippen LogP) is 2.87. The van der Waals surface area contributed by atoms with E-state index in [1.165, 1.54) is 6.08 Å². The Balaban J connectivity index is 1.88. The Morgan fingerprint density at radius 2 is 1.81 bits per heavy atom. The lowest BCUT2D eigenvalue weighted by Gasteiger charge is -2.05. The van der Waals surface area contributed by atoms with Crippen LogP contribution in [0.15, 0.2) is 66.9 Å². The molecule has 0 fully saturated rings. The van der Waals surface area contributed by atoms with Crippen LogP contribution in [0.4, 0.5) is 5.69 Å². The Morgan fingerprint density at radius 1 is 1.10 bits per heavy atom. The fraction of sp³-hybridized carbons (Fsp3) is 0.118. The highest BCUT2D eigenvalue weighted by Crippen LogP contribution is 2.15. The maximum atomic E-state index is 11.8. The number of hydrogen-bond acceptors (Lipinski definition) is 4. The summed E-state index contributed by atoms with van der Waals surface area (Å²) in [7, 11) is 0. The van der Waals surface area contributed by atoms with Crippen LogP contribution in [0.1, 0.15) is 10.4 Å². The van der Waals surface area contributed by atoms with Gasteiger partial charge in [-0.15, -0.1) is 0 Å². The average Bonchev–Trinajstić information content (AvgIpc) is 2.55. The first kappa shape index (κ1) is 14.8. The number of rotatable bonds is 7. The number of nitrogens with one attached hydrogen (secondary N) is 1. The summed E-state index contributed by atoms with van der Waals surface area (Å²) in [6.45, 7) is 0.266. The molecule has 0 aliphatic heterocycles. The molecule has 108 valence electrons. The van der Waals surface area contributed by atoms with Gasteiger partial charge in [-0.3, -0.25) is 4.79 Å². The maximum Gasteiger partial charge on any atom is 0.187 e. The van der Waals surface area contributed by atoms with Crippen molar-refractivity contribution in [2.45, 2.75) is 0 Å². The molecule has 2 N–H and O–H groups in total. The van der Waals surface area contributed by atoms with Gasteiger partial charge in [-0.2, -0.15) is 0 Å². The summed E-state index contributed by atoms with van der Waals surface area (Å²) in [5, 5.41) is 11.7. The minimum absolute atomic E-state index is 0.00959. The van der Waals surface area contributed by atoms with Crippen molar-refractivity contribution in [2.24, 2.45) is 0 Å². The van der Waals surface area contributed by atoms with Crippen LogP contribution in [0, 0.1) is 0 Å². The van der Waals surface area contributed by atoms with Gasteiger partial charge < -0.3 is 15.2 Å². The van der Waals surface area contributed by atoms with Crippen molar-refractivity contribution in [2.75, 3.05) is 18.5 Å². The highest BCUT2D eigenvalue weighted by molar-refractivity contribution is 6.04. The number of anilines is 1. The molecule has 0 saturated carbocycles. The summed E-state index contributed by atoms with van der Waals surface area (Å²) in [5.41, 5.74) is 1.51. The number of carbonyl (C=O) groups excluding carboxylic acids is 1. The van der Waals surface area contributed by atoms with E-state index in [4.69, 9.17) is 9.84 Å². The monoisotopic (exact) mass is 283 g/mol. The predicted molar refractivity (Wildman–Crippen MR) is 82.6 cm³/mol. The molecule has 2 aromatic carbocycles. The zero-order valence-electron chi connectivity index (χ0n) is 11.5. The minimum Gasteiger partial charge on any atom is -0.491 e. The molecule has 2 rings (SSSR count). The molecule has 0 unspecified atom stereocenters. The first-order valence-electron chi connectivity index (χ1n) is 6.66. The van der Waals surface area contributed by atoms with Gasteiger partial charge in [0.1, 0.15) is 12.4 Å². The Morgan fingerprint density at radius 3 is 2.48 bits per heavy atom. The van der Waals surface area contributed by atoms with Crippen LogP contribution in [0.25, 0.3) is 0 Å². The van der Waals surface area contributed by atoms with Crippen molar-refractivity contribution in [1.82, 2.24) is 0 Å². The van der Waals surface area contributed by atoms with Gasteiger partial charge in [-0.1, -0.05) is 30.3 Å². The van der Waals surface area contributed by atoms with Crippen LogP contribution in [-0.2, 0) is 0 Å². The smallest absolute Gasteiger partial charge is 0.187 e. The highest BCUT2D eigenvalue weighted by Gasteiger charge is 1.99. The van der Waals surface area contributed by atoms with E-state index in [1.807, 2.05) is 30.3 Å². The Hall–Kier alpha value is -2.59. The van der Waals surface area contributed by atoms with Gasteiger partial charge in [-0.05, 0) is 24.3 Å². The molecule has 0 saturated heterocycles. The SMILES string of the molecule is O=C(C=CNc1ccc(OCCO)cc1)c1ccccc1. The average molecular weight is 283 g/mol. The van der Waals surface area contributed by atoms with Gasteiger partial charge >= 0.3 is 0 Å². The molecule has 4 heteroatoms. The molecule has 0 atom stereocenters. The third-order valence-corrected chi connectivity index (χ3v) is 2.76. The number of aliphatic hydroxyl groups is 1. The molecule has 4 nitrogen and oxygen atoms in total. The quantitative estimate of drug-likeness (QED) is 0.606. The second-order valence-corrected chi connectivity index (χ2v) is 4.30. The lowest BCUT2D eigenvalue weighted by Crippen LogP contribution is -2.01. The van der Waals surface area contributed by atoms with Crippen molar-refractivity contribution in [1.29, 1.82) is 0 Å². The summed E-state index contributed by atoms with van der Waals surface area (Å²) in [6.07, 6.45) is 3.10. The van der Waals surface area contributed by atoms with E-state index in [9.17, 15) is 4.79 Å². The Kier molecular flexibility index (Phi) is 5.55. The summed E-state index contributed by atoms with van der Waals surface area (Å²) in [6, 6.07) is 16.4. The summed E-state index contributed by atoms with van der Waals surface area (Å²) in [4.78, 5) is 11.8. The number of hydrogen-bond donors (Lipinski definition) is 2. The summed E-state index contributed by atoms with van der Waals surface area (Å²) in [5.74, 6) is 0.643. The zero-order valence-corrected chi connectivity index (χ0v) is 11.5. The van der Waals surface area contributed by atoms with Gasteiger partial charge in [0.15, 0.2) is 5.78 Å². The molecule has 0 aliphatic rings. The van der Waals surface area contributed by atoms with Crippen molar-refractivity contribution in [3.8, 4) is 5.75 Å². The molecule has 0 heterocycles. The number of benzene rings is 2. The third kappa shape index (κ3) is 4.78. The Bertz CT molecular complexity index is 591. The second kappa shape index (κ2) is 7.87. The van der Waals surface area contributed by atoms with Gasteiger partial charge in [0.2, 0.25) is 0 Å². The van der Waals surface area contributed by atoms with E-state index >= 15 is 0 Å². The first-order chi connectivity index (χ1) is 10.3. The van der Waals surface area contributed by atoms with Gasteiger partial charge in [0, 0.05) is 23.5 Å². The normalized spacial score (nSPS) is 10.5.